The van der Waals surface area contributed by atoms with Gasteiger partial charge in [-0.2, -0.15) is 0 Å². The zero-order valence-electron chi connectivity index (χ0n) is 14.2. The summed E-state index contributed by atoms with van der Waals surface area (Å²) in [5.74, 6) is 0.876. The summed E-state index contributed by atoms with van der Waals surface area (Å²) in [4.78, 5) is 8.16. The monoisotopic (exact) mass is 330 g/mol. The summed E-state index contributed by atoms with van der Waals surface area (Å²) in [5, 5.41) is 8.81. The van der Waals surface area contributed by atoms with Crippen LogP contribution in [-0.2, 0) is 13.0 Å². The Morgan fingerprint density at radius 3 is 2.52 bits per heavy atom. The number of nitrogens with one attached hydrogen (secondary N) is 2. The lowest BCUT2D eigenvalue weighted by Gasteiger charge is -2.13. The van der Waals surface area contributed by atoms with Gasteiger partial charge in [0.15, 0.2) is 5.96 Å². The summed E-state index contributed by atoms with van der Waals surface area (Å²) in [6.45, 7) is 4.53. The first-order valence-electron chi connectivity index (χ1n) is 8.00. The van der Waals surface area contributed by atoms with Gasteiger partial charge in [-0.15, -0.1) is 11.3 Å². The van der Waals surface area contributed by atoms with Crippen molar-refractivity contribution in [2.24, 2.45) is 4.99 Å². The maximum Gasteiger partial charge on any atom is 0.191 e. The lowest BCUT2D eigenvalue weighted by Crippen LogP contribution is -2.38. The van der Waals surface area contributed by atoms with Crippen molar-refractivity contribution in [2.75, 3.05) is 32.1 Å². The number of benzene rings is 1. The molecule has 1 aromatic carbocycles. The minimum Gasteiger partial charge on any atom is -0.378 e. The van der Waals surface area contributed by atoms with Gasteiger partial charge in [0.25, 0.3) is 0 Å². The Kier molecular flexibility index (Phi) is 6.94. The van der Waals surface area contributed by atoms with Gasteiger partial charge < -0.3 is 15.5 Å². The smallest absolute Gasteiger partial charge is 0.191 e. The molecular formula is C18H26N4S. The predicted octanol–water partition coefficient (Wildman–Crippen LogP) is 3.11. The fourth-order valence-electron chi connectivity index (χ4n) is 2.17. The molecule has 0 aliphatic carbocycles. The SMILES string of the molecule is CCNC(=NCc1ccc(N(C)C)cc1)NCCc1cccs1. The normalized spacial score (nSPS) is 11.3. The highest BCUT2D eigenvalue weighted by Crippen LogP contribution is 2.12. The summed E-state index contributed by atoms with van der Waals surface area (Å²) in [5.41, 5.74) is 2.42. The van der Waals surface area contributed by atoms with Crippen LogP contribution in [0.25, 0.3) is 0 Å². The molecule has 0 saturated carbocycles. The zero-order chi connectivity index (χ0) is 16.5. The van der Waals surface area contributed by atoms with E-state index in [0.29, 0.717) is 6.54 Å². The third kappa shape index (κ3) is 5.94. The summed E-state index contributed by atoms with van der Waals surface area (Å²) < 4.78 is 0. The van der Waals surface area contributed by atoms with Crippen LogP contribution in [0.15, 0.2) is 46.8 Å². The summed E-state index contributed by atoms with van der Waals surface area (Å²) in [6, 6.07) is 12.8. The van der Waals surface area contributed by atoms with Crippen molar-refractivity contribution in [3.05, 3.63) is 52.2 Å². The molecule has 0 aliphatic rings. The molecule has 2 N–H and O–H groups in total. The summed E-state index contributed by atoms with van der Waals surface area (Å²) in [7, 11) is 4.10. The molecule has 2 aromatic rings. The minimum atomic E-state index is 0.683. The van der Waals surface area contributed by atoms with E-state index in [-0.39, 0.29) is 0 Å². The number of rotatable bonds is 7. The molecule has 1 heterocycles. The Bertz CT molecular complexity index is 588. The van der Waals surface area contributed by atoms with Gasteiger partial charge >= 0.3 is 0 Å². The minimum absolute atomic E-state index is 0.683. The van der Waals surface area contributed by atoms with Crippen molar-refractivity contribution in [1.29, 1.82) is 0 Å². The van der Waals surface area contributed by atoms with Gasteiger partial charge in [0.2, 0.25) is 0 Å². The van der Waals surface area contributed by atoms with Crippen LogP contribution in [-0.4, -0.2) is 33.1 Å². The fraction of sp³-hybridized carbons (Fsp3) is 0.389. The molecule has 0 unspecified atom stereocenters. The number of guanidine groups is 1. The average molecular weight is 331 g/mol. The first-order chi connectivity index (χ1) is 11.2. The van der Waals surface area contributed by atoms with Crippen molar-refractivity contribution in [1.82, 2.24) is 10.6 Å². The van der Waals surface area contributed by atoms with Crippen LogP contribution in [0.4, 0.5) is 5.69 Å². The van der Waals surface area contributed by atoms with Crippen molar-refractivity contribution >= 4 is 23.0 Å². The highest BCUT2D eigenvalue weighted by Gasteiger charge is 2.00. The second-order valence-electron chi connectivity index (χ2n) is 5.51. The van der Waals surface area contributed by atoms with E-state index >= 15 is 0 Å². The summed E-state index contributed by atoms with van der Waals surface area (Å²) >= 11 is 1.80. The largest absolute Gasteiger partial charge is 0.378 e. The van der Waals surface area contributed by atoms with Crippen LogP contribution in [0.3, 0.4) is 0 Å². The van der Waals surface area contributed by atoms with Gasteiger partial charge in [-0.3, -0.25) is 0 Å². The zero-order valence-corrected chi connectivity index (χ0v) is 15.0. The predicted molar refractivity (Wildman–Crippen MR) is 102 cm³/mol. The average Bonchev–Trinajstić information content (AvgIpc) is 3.06. The lowest BCUT2D eigenvalue weighted by molar-refractivity contribution is 0.804. The van der Waals surface area contributed by atoms with E-state index in [2.05, 4.69) is 69.2 Å². The molecule has 0 atom stereocenters. The Morgan fingerprint density at radius 2 is 1.91 bits per heavy atom. The van der Waals surface area contributed by atoms with E-state index in [9.17, 15) is 0 Å². The molecule has 0 fully saturated rings. The molecule has 124 valence electrons. The van der Waals surface area contributed by atoms with Crippen LogP contribution >= 0.6 is 11.3 Å². The Balaban J connectivity index is 1.87. The molecule has 0 amide bonds. The topological polar surface area (TPSA) is 39.7 Å². The molecule has 5 heteroatoms. The quantitative estimate of drug-likeness (QED) is 0.605. The van der Waals surface area contributed by atoms with E-state index in [0.717, 1.165) is 25.5 Å². The first-order valence-corrected chi connectivity index (χ1v) is 8.88. The van der Waals surface area contributed by atoms with Gasteiger partial charge in [0.05, 0.1) is 6.54 Å². The van der Waals surface area contributed by atoms with E-state index < -0.39 is 0 Å². The van der Waals surface area contributed by atoms with Crippen LogP contribution in [0.5, 0.6) is 0 Å². The fourth-order valence-corrected chi connectivity index (χ4v) is 2.88. The number of anilines is 1. The second-order valence-corrected chi connectivity index (χ2v) is 6.54. The van der Waals surface area contributed by atoms with Crippen molar-refractivity contribution in [3.63, 3.8) is 0 Å². The highest BCUT2D eigenvalue weighted by molar-refractivity contribution is 7.09. The molecule has 2 rings (SSSR count). The van der Waals surface area contributed by atoms with Crippen molar-refractivity contribution in [3.8, 4) is 0 Å². The molecule has 0 aliphatic heterocycles. The molecular weight excluding hydrogens is 304 g/mol. The van der Waals surface area contributed by atoms with Gasteiger partial charge in [0.1, 0.15) is 0 Å². The number of aliphatic imine (C=N–C) groups is 1. The number of thiophene rings is 1. The lowest BCUT2D eigenvalue weighted by atomic mass is 10.2. The number of hydrogen-bond donors (Lipinski definition) is 2. The van der Waals surface area contributed by atoms with Crippen LogP contribution < -0.4 is 15.5 Å². The van der Waals surface area contributed by atoms with Crippen molar-refractivity contribution < 1.29 is 0 Å². The van der Waals surface area contributed by atoms with Crippen molar-refractivity contribution in [2.45, 2.75) is 19.9 Å². The first kappa shape index (κ1) is 17.3. The van der Waals surface area contributed by atoms with E-state index in [1.807, 2.05) is 14.1 Å². The Morgan fingerprint density at radius 1 is 1.13 bits per heavy atom. The second kappa shape index (κ2) is 9.20. The van der Waals surface area contributed by atoms with Gasteiger partial charge in [-0.05, 0) is 42.5 Å². The Hall–Kier alpha value is -2.01. The molecule has 0 radical (unpaired) electrons. The molecule has 23 heavy (non-hydrogen) atoms. The molecule has 0 saturated heterocycles. The highest BCUT2D eigenvalue weighted by atomic mass is 32.1. The van der Waals surface area contributed by atoms with E-state index in [1.54, 1.807) is 11.3 Å². The third-order valence-corrected chi connectivity index (χ3v) is 4.40. The summed E-state index contributed by atoms with van der Waals surface area (Å²) in [6.07, 6.45) is 1.03. The Labute approximate surface area is 143 Å². The standard InChI is InChI=1S/C18H26N4S/c1-4-19-18(20-12-11-17-6-5-13-23-17)21-14-15-7-9-16(10-8-15)22(2)3/h5-10,13H,4,11-12,14H2,1-3H3,(H2,19,20,21). The molecule has 1 aromatic heterocycles. The molecule has 0 bridgehead atoms. The number of nitrogens with zero attached hydrogens (tertiary/aromatic N) is 2. The number of hydrogen-bond acceptors (Lipinski definition) is 3. The van der Waals surface area contributed by atoms with Crippen LogP contribution in [0.1, 0.15) is 17.4 Å². The van der Waals surface area contributed by atoms with Crippen LogP contribution in [0, 0.1) is 0 Å². The van der Waals surface area contributed by atoms with E-state index in [4.69, 9.17) is 0 Å². The molecule has 4 nitrogen and oxygen atoms in total. The van der Waals surface area contributed by atoms with Gasteiger partial charge in [-0.1, -0.05) is 18.2 Å². The van der Waals surface area contributed by atoms with Crippen LogP contribution in [0.2, 0.25) is 0 Å². The maximum atomic E-state index is 4.66. The molecule has 0 spiro atoms. The van der Waals surface area contributed by atoms with E-state index in [1.165, 1.54) is 16.1 Å². The van der Waals surface area contributed by atoms with Gasteiger partial charge in [-0.25, -0.2) is 4.99 Å². The third-order valence-electron chi connectivity index (χ3n) is 3.46. The van der Waals surface area contributed by atoms with Gasteiger partial charge in [0, 0.05) is 37.7 Å². The maximum absolute atomic E-state index is 4.66.